The Morgan fingerprint density at radius 2 is 1.87 bits per heavy atom. The van der Waals surface area contributed by atoms with Gasteiger partial charge in [0.25, 0.3) is 0 Å². The molecule has 30 heavy (non-hydrogen) atoms. The normalized spacial score (nSPS) is 18.9. The molecule has 1 unspecified atom stereocenters. The van der Waals surface area contributed by atoms with Gasteiger partial charge in [0.05, 0.1) is 33.2 Å². The Balaban J connectivity index is 1.79. The Labute approximate surface area is 176 Å². The van der Waals surface area contributed by atoms with Crippen molar-refractivity contribution in [1.82, 2.24) is 20.3 Å². The summed E-state index contributed by atoms with van der Waals surface area (Å²) in [5.74, 6) is 1.70. The van der Waals surface area contributed by atoms with Crippen molar-refractivity contribution in [3.63, 3.8) is 0 Å². The first-order valence-electron chi connectivity index (χ1n) is 10.1. The number of benzene rings is 1. The standard InChI is InChI=1S/C23H28N4O3/c1-14(23(2)7-6-8-24-13-23)16-11-25-22-20(16)27-17(12-26-22)15-9-18(28-3)21(30-5)19(10-15)29-4/h9-12,24H,1,6-8,13H2,2-5H3,(H,25,26). The quantitative estimate of drug-likeness (QED) is 0.640. The number of H-pyrrole nitrogens is 1. The van der Waals surface area contributed by atoms with Gasteiger partial charge in [-0.15, -0.1) is 0 Å². The smallest absolute Gasteiger partial charge is 0.203 e. The highest BCUT2D eigenvalue weighted by molar-refractivity contribution is 5.89. The molecule has 3 heterocycles. The van der Waals surface area contributed by atoms with E-state index < -0.39 is 0 Å². The molecule has 1 aliphatic rings. The maximum Gasteiger partial charge on any atom is 0.203 e. The van der Waals surface area contributed by atoms with Crippen LogP contribution >= 0.6 is 0 Å². The molecule has 2 N–H and O–H groups in total. The Bertz CT molecular complexity index is 1060. The van der Waals surface area contributed by atoms with Gasteiger partial charge >= 0.3 is 0 Å². The van der Waals surface area contributed by atoms with Crippen molar-refractivity contribution in [1.29, 1.82) is 0 Å². The van der Waals surface area contributed by atoms with Crippen LogP contribution in [0.2, 0.25) is 0 Å². The number of aromatic amines is 1. The largest absolute Gasteiger partial charge is 0.493 e. The van der Waals surface area contributed by atoms with Crippen LogP contribution in [0, 0.1) is 5.41 Å². The number of methoxy groups -OCH3 is 3. The van der Waals surface area contributed by atoms with Gasteiger partial charge in [0, 0.05) is 29.3 Å². The lowest BCUT2D eigenvalue weighted by molar-refractivity contribution is 0.320. The number of fused-ring (bicyclic) bond motifs is 1. The minimum absolute atomic E-state index is 0.00237. The number of hydrogen-bond donors (Lipinski definition) is 2. The molecule has 0 radical (unpaired) electrons. The SMILES string of the molecule is C=C(c1c[nH]c2ncc(-c3cc(OC)c(OC)c(OC)c3)nc12)C1(C)CCCNC1. The second-order valence-electron chi connectivity index (χ2n) is 7.89. The lowest BCUT2D eigenvalue weighted by atomic mass is 9.74. The van der Waals surface area contributed by atoms with Crippen LogP contribution in [0.5, 0.6) is 17.2 Å². The second kappa shape index (κ2) is 7.99. The third kappa shape index (κ3) is 3.39. The van der Waals surface area contributed by atoms with E-state index in [1.165, 1.54) is 0 Å². The fourth-order valence-corrected chi connectivity index (χ4v) is 4.13. The average molecular weight is 409 g/mol. The summed E-state index contributed by atoms with van der Waals surface area (Å²) in [6, 6.07) is 3.76. The molecule has 7 heteroatoms. The third-order valence-corrected chi connectivity index (χ3v) is 5.99. The Morgan fingerprint density at radius 3 is 2.47 bits per heavy atom. The van der Waals surface area contributed by atoms with Crippen LogP contribution < -0.4 is 19.5 Å². The van der Waals surface area contributed by atoms with Gasteiger partial charge in [0.2, 0.25) is 5.75 Å². The fourth-order valence-electron chi connectivity index (χ4n) is 4.13. The van der Waals surface area contributed by atoms with E-state index in [1.807, 2.05) is 18.3 Å². The van der Waals surface area contributed by atoms with Crippen molar-refractivity contribution in [2.45, 2.75) is 19.8 Å². The number of nitrogens with one attached hydrogen (secondary N) is 2. The number of ether oxygens (including phenoxy) is 3. The molecule has 1 fully saturated rings. The molecular weight excluding hydrogens is 380 g/mol. The third-order valence-electron chi connectivity index (χ3n) is 5.99. The van der Waals surface area contributed by atoms with Gasteiger partial charge < -0.3 is 24.5 Å². The summed E-state index contributed by atoms with van der Waals surface area (Å²) >= 11 is 0. The summed E-state index contributed by atoms with van der Waals surface area (Å²) in [4.78, 5) is 12.8. The zero-order chi connectivity index (χ0) is 21.3. The van der Waals surface area contributed by atoms with E-state index in [1.54, 1.807) is 27.5 Å². The van der Waals surface area contributed by atoms with Crippen LogP contribution in [-0.4, -0.2) is 49.4 Å². The summed E-state index contributed by atoms with van der Waals surface area (Å²) in [7, 11) is 4.79. The van der Waals surface area contributed by atoms with Crippen molar-refractivity contribution in [2.75, 3.05) is 34.4 Å². The molecule has 3 aromatic rings. The van der Waals surface area contributed by atoms with Crippen LogP contribution in [0.1, 0.15) is 25.3 Å². The molecular formula is C23H28N4O3. The van der Waals surface area contributed by atoms with Gasteiger partial charge in [0.15, 0.2) is 17.1 Å². The van der Waals surface area contributed by atoms with E-state index in [4.69, 9.17) is 19.2 Å². The minimum Gasteiger partial charge on any atom is -0.493 e. The molecule has 1 aromatic carbocycles. The predicted molar refractivity (Wildman–Crippen MR) is 118 cm³/mol. The molecule has 1 saturated heterocycles. The summed E-state index contributed by atoms with van der Waals surface area (Å²) in [6.07, 6.45) is 5.95. The highest BCUT2D eigenvalue weighted by Gasteiger charge is 2.32. The lowest BCUT2D eigenvalue weighted by Gasteiger charge is -2.36. The van der Waals surface area contributed by atoms with E-state index in [2.05, 4.69) is 28.8 Å². The highest BCUT2D eigenvalue weighted by Crippen LogP contribution is 2.43. The van der Waals surface area contributed by atoms with Crippen LogP contribution in [0.15, 0.2) is 31.1 Å². The van der Waals surface area contributed by atoms with Gasteiger partial charge in [-0.1, -0.05) is 13.5 Å². The topological polar surface area (TPSA) is 81.3 Å². The molecule has 0 spiro atoms. The molecule has 0 bridgehead atoms. The summed E-state index contributed by atoms with van der Waals surface area (Å²) < 4.78 is 16.4. The Hall–Kier alpha value is -3.06. The lowest BCUT2D eigenvalue weighted by Crippen LogP contribution is -2.38. The molecule has 1 aliphatic heterocycles. The number of nitrogens with zero attached hydrogens (tertiary/aromatic N) is 2. The van der Waals surface area contributed by atoms with Gasteiger partial charge in [0.1, 0.15) is 5.52 Å². The van der Waals surface area contributed by atoms with E-state index in [-0.39, 0.29) is 5.41 Å². The van der Waals surface area contributed by atoms with Crippen molar-refractivity contribution in [3.8, 4) is 28.5 Å². The highest BCUT2D eigenvalue weighted by atomic mass is 16.5. The first kappa shape index (κ1) is 20.2. The van der Waals surface area contributed by atoms with Crippen molar-refractivity contribution >= 4 is 16.7 Å². The second-order valence-corrected chi connectivity index (χ2v) is 7.89. The number of aromatic nitrogens is 3. The number of piperidine rings is 1. The molecule has 158 valence electrons. The van der Waals surface area contributed by atoms with Gasteiger partial charge in [-0.05, 0) is 37.1 Å². The maximum atomic E-state index is 5.49. The minimum atomic E-state index is -0.00237. The van der Waals surface area contributed by atoms with E-state index in [9.17, 15) is 0 Å². The number of hydrogen-bond acceptors (Lipinski definition) is 6. The van der Waals surface area contributed by atoms with E-state index >= 15 is 0 Å². The first-order chi connectivity index (χ1) is 14.5. The monoisotopic (exact) mass is 408 g/mol. The summed E-state index contributed by atoms with van der Waals surface area (Å²) in [5.41, 5.74) is 5.21. The molecule has 0 saturated carbocycles. The summed E-state index contributed by atoms with van der Waals surface area (Å²) in [6.45, 7) is 8.67. The fraction of sp³-hybridized carbons (Fsp3) is 0.391. The van der Waals surface area contributed by atoms with Gasteiger partial charge in [-0.2, -0.15) is 0 Å². The van der Waals surface area contributed by atoms with Crippen LogP contribution in [0.25, 0.3) is 28.0 Å². The maximum absolute atomic E-state index is 5.49. The van der Waals surface area contributed by atoms with Crippen LogP contribution in [0.4, 0.5) is 0 Å². The van der Waals surface area contributed by atoms with Gasteiger partial charge in [-0.25, -0.2) is 9.97 Å². The summed E-state index contributed by atoms with van der Waals surface area (Å²) in [5, 5.41) is 3.49. The molecule has 0 aliphatic carbocycles. The van der Waals surface area contributed by atoms with E-state index in [0.29, 0.717) is 17.2 Å². The zero-order valence-electron chi connectivity index (χ0n) is 18.0. The first-order valence-corrected chi connectivity index (χ1v) is 10.1. The van der Waals surface area contributed by atoms with Crippen molar-refractivity contribution in [3.05, 3.63) is 36.7 Å². The molecule has 2 aromatic heterocycles. The van der Waals surface area contributed by atoms with Gasteiger partial charge in [-0.3, -0.25) is 0 Å². The molecule has 7 nitrogen and oxygen atoms in total. The van der Waals surface area contributed by atoms with Crippen LogP contribution in [0.3, 0.4) is 0 Å². The van der Waals surface area contributed by atoms with Crippen LogP contribution in [-0.2, 0) is 0 Å². The van der Waals surface area contributed by atoms with Crippen molar-refractivity contribution in [2.24, 2.45) is 5.41 Å². The van der Waals surface area contributed by atoms with Crippen molar-refractivity contribution < 1.29 is 14.2 Å². The predicted octanol–water partition coefficient (Wildman–Crippen LogP) is 4.05. The molecule has 0 amide bonds. The average Bonchev–Trinajstić information content (AvgIpc) is 3.21. The zero-order valence-corrected chi connectivity index (χ0v) is 18.0. The van der Waals surface area contributed by atoms with E-state index in [0.717, 1.165) is 59.5 Å². The Morgan fingerprint density at radius 1 is 1.13 bits per heavy atom. The molecule has 1 atom stereocenters. The number of rotatable bonds is 6. The molecule has 4 rings (SSSR count). The Kier molecular flexibility index (Phi) is 5.39.